The number of carbonyl (C=O) groups is 2. The Hall–Kier alpha value is -1.85. The average Bonchev–Trinajstić information content (AvgIpc) is 2.70. The normalized spacial score (nSPS) is 11.8. The fourth-order valence-corrected chi connectivity index (χ4v) is 1.15. The van der Waals surface area contributed by atoms with Crippen molar-refractivity contribution in [2.24, 2.45) is 0 Å². The number of aromatic nitrogens is 2. The number of carbonyl (C=O) groups excluding carboxylic acids is 2. The van der Waals surface area contributed by atoms with Crippen LogP contribution in [0.3, 0.4) is 0 Å². The van der Waals surface area contributed by atoms with E-state index in [4.69, 9.17) is 4.74 Å². The third kappa shape index (κ3) is 3.41. The van der Waals surface area contributed by atoms with Gasteiger partial charge in [-0.25, -0.2) is 9.78 Å². The molecular weight excluding hydrogens is 198 g/mol. The zero-order chi connectivity index (χ0) is 11.1. The highest BCUT2D eigenvalue weighted by atomic mass is 16.5. The van der Waals surface area contributed by atoms with E-state index in [2.05, 4.69) is 15.3 Å². The van der Waals surface area contributed by atoms with Gasteiger partial charge in [0, 0.05) is 12.6 Å². The van der Waals surface area contributed by atoms with Crippen LogP contribution in [0.15, 0.2) is 12.5 Å². The standard InChI is InChI=1S/C9H13N3O3/c1-2-15-9(14)8(12-6-13)3-7-4-10-5-11-7/h4-6,8H,2-3H2,1H3,(H,10,11)(H,12,13). The Bertz CT molecular complexity index is 310. The number of aromatic amines is 1. The molecule has 0 aliphatic carbocycles. The van der Waals surface area contributed by atoms with E-state index in [1.165, 1.54) is 6.33 Å². The number of imidazole rings is 1. The van der Waals surface area contributed by atoms with Crippen LogP contribution in [0.2, 0.25) is 0 Å². The van der Waals surface area contributed by atoms with Crippen molar-refractivity contribution in [3.63, 3.8) is 0 Å². The van der Waals surface area contributed by atoms with E-state index >= 15 is 0 Å². The molecule has 0 aliphatic heterocycles. The molecule has 0 saturated heterocycles. The lowest BCUT2D eigenvalue weighted by Crippen LogP contribution is -2.39. The quantitative estimate of drug-likeness (QED) is 0.496. The van der Waals surface area contributed by atoms with E-state index in [9.17, 15) is 9.59 Å². The second-order valence-electron chi connectivity index (χ2n) is 2.85. The maximum absolute atomic E-state index is 11.4. The number of esters is 1. The number of rotatable bonds is 6. The molecule has 0 aromatic carbocycles. The Labute approximate surface area is 87.0 Å². The van der Waals surface area contributed by atoms with Gasteiger partial charge in [0.25, 0.3) is 0 Å². The molecule has 0 spiro atoms. The van der Waals surface area contributed by atoms with Crippen LogP contribution >= 0.6 is 0 Å². The van der Waals surface area contributed by atoms with Gasteiger partial charge < -0.3 is 15.0 Å². The molecule has 6 nitrogen and oxygen atoms in total. The molecule has 0 fully saturated rings. The number of hydrogen-bond acceptors (Lipinski definition) is 4. The first-order valence-corrected chi connectivity index (χ1v) is 4.62. The number of ether oxygens (including phenoxy) is 1. The topological polar surface area (TPSA) is 84.1 Å². The van der Waals surface area contributed by atoms with E-state index in [-0.39, 0.29) is 6.61 Å². The first-order chi connectivity index (χ1) is 7.27. The minimum atomic E-state index is -0.675. The van der Waals surface area contributed by atoms with Crippen LogP contribution < -0.4 is 5.32 Å². The van der Waals surface area contributed by atoms with Gasteiger partial charge >= 0.3 is 5.97 Å². The Kier molecular flexibility index (Phi) is 4.33. The summed E-state index contributed by atoms with van der Waals surface area (Å²) in [6.07, 6.45) is 3.98. The van der Waals surface area contributed by atoms with Gasteiger partial charge in [-0.1, -0.05) is 0 Å². The molecule has 1 amide bonds. The van der Waals surface area contributed by atoms with E-state index in [1.54, 1.807) is 13.1 Å². The van der Waals surface area contributed by atoms with Crippen LogP contribution in [0.25, 0.3) is 0 Å². The van der Waals surface area contributed by atoms with Crippen LogP contribution in [-0.4, -0.2) is 35.0 Å². The fraction of sp³-hybridized carbons (Fsp3) is 0.444. The van der Waals surface area contributed by atoms with Gasteiger partial charge in [-0.05, 0) is 6.92 Å². The van der Waals surface area contributed by atoms with E-state index in [0.29, 0.717) is 18.5 Å². The van der Waals surface area contributed by atoms with Crippen molar-refractivity contribution >= 4 is 12.4 Å². The van der Waals surface area contributed by atoms with Gasteiger partial charge in [0.1, 0.15) is 6.04 Å². The molecule has 1 heterocycles. The van der Waals surface area contributed by atoms with Crippen molar-refractivity contribution in [3.05, 3.63) is 18.2 Å². The molecule has 1 aromatic rings. The number of amides is 1. The van der Waals surface area contributed by atoms with Crippen LogP contribution in [-0.2, 0) is 20.7 Å². The third-order valence-corrected chi connectivity index (χ3v) is 1.81. The van der Waals surface area contributed by atoms with Gasteiger partial charge in [-0.3, -0.25) is 4.79 Å². The molecule has 1 aromatic heterocycles. The van der Waals surface area contributed by atoms with E-state index in [1.807, 2.05) is 0 Å². The van der Waals surface area contributed by atoms with Crippen LogP contribution in [0.1, 0.15) is 12.6 Å². The summed E-state index contributed by atoms with van der Waals surface area (Å²) >= 11 is 0. The highest BCUT2D eigenvalue weighted by Crippen LogP contribution is 2.00. The maximum atomic E-state index is 11.4. The zero-order valence-corrected chi connectivity index (χ0v) is 8.40. The van der Waals surface area contributed by atoms with Gasteiger partial charge in [0.15, 0.2) is 0 Å². The van der Waals surface area contributed by atoms with Crippen molar-refractivity contribution in [2.75, 3.05) is 6.61 Å². The minimum absolute atomic E-state index is 0.288. The van der Waals surface area contributed by atoms with E-state index < -0.39 is 12.0 Å². The zero-order valence-electron chi connectivity index (χ0n) is 8.40. The van der Waals surface area contributed by atoms with Crippen molar-refractivity contribution in [1.82, 2.24) is 15.3 Å². The summed E-state index contributed by atoms with van der Waals surface area (Å²) in [5.41, 5.74) is 0.697. The summed E-state index contributed by atoms with van der Waals surface area (Å²) in [6.45, 7) is 2.00. The summed E-state index contributed by atoms with van der Waals surface area (Å²) in [5, 5.41) is 2.40. The molecule has 6 heteroatoms. The maximum Gasteiger partial charge on any atom is 0.329 e. The Morgan fingerprint density at radius 2 is 2.60 bits per heavy atom. The van der Waals surface area contributed by atoms with Gasteiger partial charge in [-0.2, -0.15) is 0 Å². The molecule has 1 atom stereocenters. The average molecular weight is 211 g/mol. The summed E-state index contributed by atoms with van der Waals surface area (Å²) in [5.74, 6) is -0.451. The van der Waals surface area contributed by atoms with E-state index in [0.717, 1.165) is 0 Å². The molecule has 1 unspecified atom stereocenters. The van der Waals surface area contributed by atoms with Crippen molar-refractivity contribution in [2.45, 2.75) is 19.4 Å². The summed E-state index contributed by atoms with van der Waals surface area (Å²) < 4.78 is 4.81. The smallest absolute Gasteiger partial charge is 0.329 e. The summed E-state index contributed by atoms with van der Waals surface area (Å²) in [7, 11) is 0. The second-order valence-corrected chi connectivity index (χ2v) is 2.85. The van der Waals surface area contributed by atoms with Gasteiger partial charge in [0.2, 0.25) is 6.41 Å². The largest absolute Gasteiger partial charge is 0.464 e. The Morgan fingerprint density at radius 3 is 3.13 bits per heavy atom. The summed E-state index contributed by atoms with van der Waals surface area (Å²) in [4.78, 5) is 28.4. The monoisotopic (exact) mass is 211 g/mol. The number of H-pyrrole nitrogens is 1. The molecule has 0 aliphatic rings. The molecule has 2 N–H and O–H groups in total. The molecule has 15 heavy (non-hydrogen) atoms. The molecule has 0 bridgehead atoms. The number of nitrogens with zero attached hydrogens (tertiary/aromatic N) is 1. The SMILES string of the molecule is CCOC(=O)C(Cc1c[nH]cn1)NC=O. The number of hydrogen-bond donors (Lipinski definition) is 2. The van der Waals surface area contributed by atoms with Crippen LogP contribution in [0.5, 0.6) is 0 Å². The van der Waals surface area contributed by atoms with Crippen molar-refractivity contribution in [3.8, 4) is 0 Å². The third-order valence-electron chi connectivity index (χ3n) is 1.81. The molecular formula is C9H13N3O3. The fourth-order valence-electron chi connectivity index (χ4n) is 1.15. The highest BCUT2D eigenvalue weighted by Gasteiger charge is 2.19. The first-order valence-electron chi connectivity index (χ1n) is 4.62. The molecule has 0 saturated carbocycles. The van der Waals surface area contributed by atoms with Crippen molar-refractivity contribution < 1.29 is 14.3 Å². The minimum Gasteiger partial charge on any atom is -0.464 e. The van der Waals surface area contributed by atoms with Gasteiger partial charge in [0.05, 0.1) is 18.6 Å². The van der Waals surface area contributed by atoms with Crippen LogP contribution in [0.4, 0.5) is 0 Å². The lowest BCUT2D eigenvalue weighted by molar-refractivity contribution is -0.146. The predicted octanol–water partition coefficient (Wildman–Crippen LogP) is -0.370. The molecule has 0 radical (unpaired) electrons. The first kappa shape index (κ1) is 11.2. The lowest BCUT2D eigenvalue weighted by atomic mass is 10.2. The Balaban J connectivity index is 2.57. The van der Waals surface area contributed by atoms with Crippen molar-refractivity contribution in [1.29, 1.82) is 0 Å². The molecule has 1 rings (SSSR count). The van der Waals surface area contributed by atoms with Gasteiger partial charge in [-0.15, -0.1) is 0 Å². The second kappa shape index (κ2) is 5.79. The van der Waals surface area contributed by atoms with Crippen LogP contribution in [0, 0.1) is 0 Å². The Morgan fingerprint density at radius 1 is 1.80 bits per heavy atom. The summed E-state index contributed by atoms with van der Waals surface area (Å²) in [6, 6.07) is -0.675. The predicted molar refractivity (Wildman–Crippen MR) is 51.9 cm³/mol. The number of nitrogens with one attached hydrogen (secondary N) is 2. The highest BCUT2D eigenvalue weighted by molar-refractivity contribution is 5.78. The lowest BCUT2D eigenvalue weighted by Gasteiger charge is -2.12. The molecule has 82 valence electrons.